The number of hydrogen-bond acceptors (Lipinski definition) is 4. The summed E-state index contributed by atoms with van der Waals surface area (Å²) < 4.78 is 69.1. The number of carbonyl (C=O) groups excluding carboxylic acids is 2. The topological polar surface area (TPSA) is 86.8 Å². The normalized spacial score (nSPS) is 13.2. The molecule has 0 aromatic heterocycles. The summed E-state index contributed by atoms with van der Waals surface area (Å²) in [4.78, 5) is 28.0. The summed E-state index contributed by atoms with van der Waals surface area (Å²) in [7, 11) is -4.57. The number of anilines is 1. The largest absolute Gasteiger partial charge is 0.416 e. The average Bonchev–Trinajstić information content (AvgIpc) is 2.96. The van der Waals surface area contributed by atoms with Gasteiger partial charge < -0.3 is 10.2 Å². The molecule has 0 aliphatic heterocycles. The molecule has 226 valence electrons. The van der Waals surface area contributed by atoms with Crippen LogP contribution in [0.2, 0.25) is 5.02 Å². The molecule has 0 unspecified atom stereocenters. The van der Waals surface area contributed by atoms with Gasteiger partial charge in [0.25, 0.3) is 10.0 Å². The molecular formula is C30H33ClF3N3O4S. The van der Waals surface area contributed by atoms with E-state index in [1.807, 2.05) is 44.2 Å². The van der Waals surface area contributed by atoms with Crippen LogP contribution < -0.4 is 9.62 Å². The molecule has 3 rings (SSSR count). The summed E-state index contributed by atoms with van der Waals surface area (Å²) in [6.07, 6.45) is -3.80. The molecule has 0 saturated carbocycles. The lowest BCUT2D eigenvalue weighted by molar-refractivity contribution is -0.139. The third-order valence-electron chi connectivity index (χ3n) is 6.80. The van der Waals surface area contributed by atoms with Crippen molar-refractivity contribution in [3.8, 4) is 0 Å². The second-order valence-corrected chi connectivity index (χ2v) is 12.1. The van der Waals surface area contributed by atoms with E-state index in [0.29, 0.717) is 23.2 Å². The maximum atomic E-state index is 13.9. The van der Waals surface area contributed by atoms with Gasteiger partial charge in [-0.1, -0.05) is 67.1 Å². The summed E-state index contributed by atoms with van der Waals surface area (Å²) in [6, 6.07) is 17.3. The lowest BCUT2D eigenvalue weighted by Gasteiger charge is -2.32. The van der Waals surface area contributed by atoms with E-state index in [1.54, 1.807) is 6.07 Å². The molecule has 0 bridgehead atoms. The number of amides is 2. The zero-order valence-corrected chi connectivity index (χ0v) is 25.0. The van der Waals surface area contributed by atoms with Crippen LogP contribution in [0.4, 0.5) is 18.9 Å². The maximum Gasteiger partial charge on any atom is 0.416 e. The van der Waals surface area contributed by atoms with Crippen LogP contribution in [-0.4, -0.2) is 50.3 Å². The van der Waals surface area contributed by atoms with Crippen LogP contribution in [0.25, 0.3) is 0 Å². The molecule has 42 heavy (non-hydrogen) atoms. The Morgan fingerprint density at radius 2 is 1.55 bits per heavy atom. The summed E-state index contributed by atoms with van der Waals surface area (Å²) in [6.45, 7) is 4.37. The first-order valence-electron chi connectivity index (χ1n) is 13.3. The van der Waals surface area contributed by atoms with Gasteiger partial charge in [0.1, 0.15) is 12.6 Å². The molecule has 2 atom stereocenters. The number of hydrogen-bond donors (Lipinski definition) is 1. The first kappa shape index (κ1) is 32.9. The van der Waals surface area contributed by atoms with Gasteiger partial charge in [-0.25, -0.2) is 8.42 Å². The average molecular weight is 624 g/mol. The van der Waals surface area contributed by atoms with Crippen molar-refractivity contribution in [2.45, 2.75) is 56.8 Å². The number of nitrogens with one attached hydrogen (secondary N) is 1. The lowest BCUT2D eigenvalue weighted by atomic mass is 10.1. The lowest BCUT2D eigenvalue weighted by Crippen LogP contribution is -2.53. The standard InChI is InChI=1S/C30H33ClF3N3O4S/c1-4-21(2)35-29(39)22(3)36(18-17-23-11-7-5-8-12-23)28(38)20-37(42(40,41)25-13-9-6-10-14-25)27-19-24(30(32,33)34)15-16-26(27)31/h5-16,19,21-22H,4,17-18,20H2,1-3H3,(H,35,39)/t21-,22-/m0/s1. The number of halogens is 4. The van der Waals surface area contributed by atoms with Gasteiger partial charge in [0.15, 0.2) is 0 Å². The Labute approximate surface area is 249 Å². The Kier molecular flexibility index (Phi) is 11.0. The predicted octanol–water partition coefficient (Wildman–Crippen LogP) is 5.93. The summed E-state index contributed by atoms with van der Waals surface area (Å²) in [5, 5.41) is 2.53. The van der Waals surface area contributed by atoms with E-state index in [-0.39, 0.29) is 22.5 Å². The molecule has 0 aliphatic carbocycles. The van der Waals surface area contributed by atoms with Gasteiger partial charge >= 0.3 is 6.18 Å². The van der Waals surface area contributed by atoms with Gasteiger partial charge in [0.2, 0.25) is 11.8 Å². The molecule has 1 N–H and O–H groups in total. The SMILES string of the molecule is CC[C@H](C)NC(=O)[C@H](C)N(CCc1ccccc1)C(=O)CN(c1cc(C(F)(F)F)ccc1Cl)S(=O)(=O)c1ccccc1. The maximum absolute atomic E-state index is 13.9. The Hall–Kier alpha value is -3.57. The van der Waals surface area contributed by atoms with E-state index in [4.69, 9.17) is 11.6 Å². The number of carbonyl (C=O) groups is 2. The molecule has 7 nitrogen and oxygen atoms in total. The number of nitrogens with zero attached hydrogens (tertiary/aromatic N) is 2. The number of benzene rings is 3. The summed E-state index contributed by atoms with van der Waals surface area (Å²) >= 11 is 6.26. The minimum absolute atomic E-state index is 0.0491. The van der Waals surface area contributed by atoms with E-state index in [2.05, 4.69) is 5.32 Å². The monoisotopic (exact) mass is 623 g/mol. The van der Waals surface area contributed by atoms with Crippen molar-refractivity contribution in [1.29, 1.82) is 0 Å². The molecule has 0 spiro atoms. The Balaban J connectivity index is 2.07. The van der Waals surface area contributed by atoms with E-state index in [9.17, 15) is 31.2 Å². The van der Waals surface area contributed by atoms with Crippen molar-refractivity contribution in [3.05, 3.63) is 95.0 Å². The second kappa shape index (κ2) is 14.1. The van der Waals surface area contributed by atoms with Crippen molar-refractivity contribution in [2.24, 2.45) is 0 Å². The smallest absolute Gasteiger partial charge is 0.352 e. The zero-order valence-electron chi connectivity index (χ0n) is 23.4. The Morgan fingerprint density at radius 3 is 2.12 bits per heavy atom. The van der Waals surface area contributed by atoms with Gasteiger partial charge in [-0.2, -0.15) is 13.2 Å². The highest BCUT2D eigenvalue weighted by molar-refractivity contribution is 7.92. The van der Waals surface area contributed by atoms with Crippen LogP contribution in [0.3, 0.4) is 0 Å². The van der Waals surface area contributed by atoms with Crippen LogP contribution in [0.15, 0.2) is 83.8 Å². The zero-order chi connectivity index (χ0) is 31.1. The fourth-order valence-electron chi connectivity index (χ4n) is 4.15. The summed E-state index contributed by atoms with van der Waals surface area (Å²) in [5.41, 5.74) is -0.771. The molecule has 2 amide bonds. The Bertz CT molecular complexity index is 1470. The molecule has 0 fully saturated rings. The predicted molar refractivity (Wildman–Crippen MR) is 157 cm³/mol. The van der Waals surface area contributed by atoms with Crippen LogP contribution >= 0.6 is 11.6 Å². The molecule has 3 aromatic carbocycles. The molecule has 3 aromatic rings. The van der Waals surface area contributed by atoms with E-state index >= 15 is 0 Å². The van der Waals surface area contributed by atoms with Crippen molar-refractivity contribution in [2.75, 3.05) is 17.4 Å². The molecule has 0 heterocycles. The summed E-state index contributed by atoms with van der Waals surface area (Å²) in [5.74, 6) is -1.23. The van der Waals surface area contributed by atoms with Crippen molar-refractivity contribution < 1.29 is 31.2 Å². The molecular weight excluding hydrogens is 591 g/mol. The molecule has 0 saturated heterocycles. The third-order valence-corrected chi connectivity index (χ3v) is 8.90. The van der Waals surface area contributed by atoms with Crippen molar-refractivity contribution in [1.82, 2.24) is 10.2 Å². The number of alkyl halides is 3. The first-order valence-corrected chi connectivity index (χ1v) is 15.2. The van der Waals surface area contributed by atoms with Crippen molar-refractivity contribution >= 4 is 39.1 Å². The second-order valence-electron chi connectivity index (χ2n) is 9.81. The minimum Gasteiger partial charge on any atom is -0.352 e. The Morgan fingerprint density at radius 1 is 0.952 bits per heavy atom. The van der Waals surface area contributed by atoms with Gasteiger partial charge in [0, 0.05) is 12.6 Å². The third kappa shape index (κ3) is 8.25. The molecule has 0 radical (unpaired) electrons. The van der Waals surface area contributed by atoms with E-state index in [0.717, 1.165) is 17.7 Å². The van der Waals surface area contributed by atoms with Gasteiger partial charge in [0.05, 0.1) is 21.2 Å². The molecule has 12 heteroatoms. The fraction of sp³-hybridized carbons (Fsp3) is 0.333. The van der Waals surface area contributed by atoms with E-state index < -0.39 is 51.9 Å². The van der Waals surface area contributed by atoms with Gasteiger partial charge in [-0.15, -0.1) is 0 Å². The number of sulfonamides is 1. The van der Waals surface area contributed by atoms with Crippen molar-refractivity contribution in [3.63, 3.8) is 0 Å². The van der Waals surface area contributed by atoms with E-state index in [1.165, 1.54) is 36.1 Å². The number of rotatable bonds is 12. The van der Waals surface area contributed by atoms with Crippen LogP contribution in [0.1, 0.15) is 38.3 Å². The highest BCUT2D eigenvalue weighted by Gasteiger charge is 2.36. The van der Waals surface area contributed by atoms with Crippen LogP contribution in [0, 0.1) is 0 Å². The fourth-order valence-corrected chi connectivity index (χ4v) is 5.86. The minimum atomic E-state index is -4.80. The van der Waals surface area contributed by atoms with Crippen LogP contribution in [0.5, 0.6) is 0 Å². The quantitative estimate of drug-likeness (QED) is 0.271. The first-order chi connectivity index (χ1) is 19.8. The highest BCUT2D eigenvalue weighted by Crippen LogP contribution is 2.37. The van der Waals surface area contributed by atoms with Gasteiger partial charge in [-0.05, 0) is 62.6 Å². The van der Waals surface area contributed by atoms with Gasteiger partial charge in [-0.3, -0.25) is 13.9 Å². The highest BCUT2D eigenvalue weighted by atomic mass is 35.5. The molecule has 0 aliphatic rings. The van der Waals surface area contributed by atoms with Crippen LogP contribution in [-0.2, 0) is 32.2 Å².